The number of nitriles is 1. The first-order chi connectivity index (χ1) is 14.2. The van der Waals surface area contributed by atoms with Crippen LogP contribution in [0, 0.1) is 11.3 Å². The van der Waals surface area contributed by atoms with Crippen molar-refractivity contribution in [2.45, 2.75) is 18.9 Å². The lowest BCUT2D eigenvalue weighted by Crippen LogP contribution is -2.34. The normalized spacial score (nSPS) is 15.7. The van der Waals surface area contributed by atoms with Crippen LogP contribution in [-0.4, -0.2) is 34.7 Å². The zero-order chi connectivity index (χ0) is 20.2. The van der Waals surface area contributed by atoms with Gasteiger partial charge in [0.2, 0.25) is 11.7 Å². The molecule has 0 bridgehead atoms. The molecule has 0 spiro atoms. The highest BCUT2D eigenvalue weighted by Gasteiger charge is 2.34. The van der Waals surface area contributed by atoms with Crippen LogP contribution in [0.15, 0.2) is 53.1 Å². The minimum absolute atomic E-state index is 0.260. The molecule has 1 N–H and O–H groups in total. The van der Waals surface area contributed by atoms with E-state index in [1.165, 1.54) is 0 Å². The van der Waals surface area contributed by atoms with Gasteiger partial charge in [-0.3, -0.25) is 0 Å². The summed E-state index contributed by atoms with van der Waals surface area (Å²) >= 11 is 0. The predicted octanol–water partition coefficient (Wildman–Crippen LogP) is 3.99. The molecule has 8 nitrogen and oxygen atoms in total. The number of nitrogens with zero attached hydrogens (tertiary/aromatic N) is 4. The Morgan fingerprint density at radius 1 is 1.31 bits per heavy atom. The summed E-state index contributed by atoms with van der Waals surface area (Å²) in [6.45, 7) is 0.589. The summed E-state index contributed by atoms with van der Waals surface area (Å²) in [5, 5.41) is 15.9. The van der Waals surface area contributed by atoms with E-state index < -0.39 is 0 Å². The zero-order valence-electron chi connectivity index (χ0n) is 15.8. The second kappa shape index (κ2) is 8.02. The monoisotopic (exact) mass is 389 g/mol. The number of carbonyl (C=O) groups excluding carboxylic acids is 1. The lowest BCUT2D eigenvalue weighted by atomic mass is 10.2. The van der Waals surface area contributed by atoms with Gasteiger partial charge in [0.15, 0.2) is 0 Å². The molecule has 29 heavy (non-hydrogen) atoms. The van der Waals surface area contributed by atoms with Crippen molar-refractivity contribution in [1.29, 1.82) is 5.26 Å². The Bertz CT molecular complexity index is 1070. The van der Waals surface area contributed by atoms with Gasteiger partial charge < -0.3 is 19.5 Å². The van der Waals surface area contributed by atoms with Crippen LogP contribution in [0.2, 0.25) is 0 Å². The second-order valence-electron chi connectivity index (χ2n) is 6.66. The van der Waals surface area contributed by atoms with Gasteiger partial charge in [0.1, 0.15) is 11.8 Å². The topological polar surface area (TPSA) is 104 Å². The third kappa shape index (κ3) is 3.89. The van der Waals surface area contributed by atoms with Crippen LogP contribution in [0.5, 0.6) is 5.75 Å². The van der Waals surface area contributed by atoms with Crippen LogP contribution >= 0.6 is 0 Å². The molecular weight excluding hydrogens is 370 g/mol. The molecule has 0 radical (unpaired) electrons. The molecule has 1 aromatic heterocycles. The van der Waals surface area contributed by atoms with E-state index in [0.29, 0.717) is 35.3 Å². The number of carbonyl (C=O) groups is 1. The van der Waals surface area contributed by atoms with Crippen molar-refractivity contribution >= 4 is 11.7 Å². The van der Waals surface area contributed by atoms with Crippen LogP contribution in [-0.2, 0) is 0 Å². The number of nitrogens with one attached hydrogen (secondary N) is 1. The molecule has 2 heterocycles. The number of hydrogen-bond acceptors (Lipinski definition) is 6. The molecule has 1 atom stereocenters. The fourth-order valence-electron chi connectivity index (χ4n) is 3.38. The molecule has 0 unspecified atom stereocenters. The van der Waals surface area contributed by atoms with Crippen LogP contribution < -0.4 is 10.1 Å². The third-order valence-electron chi connectivity index (χ3n) is 4.81. The number of amides is 2. The Balaban J connectivity index is 1.52. The Kier molecular flexibility index (Phi) is 5.12. The van der Waals surface area contributed by atoms with Gasteiger partial charge in [-0.05, 0) is 43.2 Å². The smallest absolute Gasteiger partial charge is 0.322 e. The summed E-state index contributed by atoms with van der Waals surface area (Å²) < 4.78 is 10.7. The van der Waals surface area contributed by atoms with Gasteiger partial charge in [0.25, 0.3) is 0 Å². The lowest BCUT2D eigenvalue weighted by molar-refractivity contribution is 0.193. The molecule has 1 fully saturated rings. The Morgan fingerprint density at radius 2 is 2.17 bits per heavy atom. The maximum atomic E-state index is 12.8. The van der Waals surface area contributed by atoms with Gasteiger partial charge in [0.05, 0.1) is 18.7 Å². The Labute approximate surface area is 167 Å². The van der Waals surface area contributed by atoms with Gasteiger partial charge in [-0.1, -0.05) is 23.4 Å². The van der Waals surface area contributed by atoms with Crippen molar-refractivity contribution in [2.24, 2.45) is 0 Å². The van der Waals surface area contributed by atoms with Crippen molar-refractivity contribution < 1.29 is 14.1 Å². The summed E-state index contributed by atoms with van der Waals surface area (Å²) in [5.41, 5.74) is 1.84. The summed E-state index contributed by atoms with van der Waals surface area (Å²) in [6, 6.07) is 15.7. The molecule has 0 saturated carbocycles. The number of methoxy groups -OCH3 is 1. The average Bonchev–Trinajstić information content (AvgIpc) is 3.43. The number of likely N-dealkylation sites (tertiary alicyclic amines) is 1. The van der Waals surface area contributed by atoms with Crippen LogP contribution in [0.4, 0.5) is 10.5 Å². The highest BCUT2D eigenvalue weighted by Crippen LogP contribution is 2.33. The van der Waals surface area contributed by atoms with Gasteiger partial charge in [0, 0.05) is 17.8 Å². The van der Waals surface area contributed by atoms with E-state index in [-0.39, 0.29) is 12.1 Å². The number of ether oxygens (including phenoxy) is 1. The van der Waals surface area contributed by atoms with E-state index in [1.807, 2.05) is 24.3 Å². The van der Waals surface area contributed by atoms with Gasteiger partial charge >= 0.3 is 6.03 Å². The first kappa shape index (κ1) is 18.5. The molecule has 2 aromatic carbocycles. The first-order valence-corrected chi connectivity index (χ1v) is 9.24. The van der Waals surface area contributed by atoms with Crippen molar-refractivity contribution in [3.63, 3.8) is 0 Å². The molecule has 0 aliphatic carbocycles. The Hall–Kier alpha value is -3.86. The van der Waals surface area contributed by atoms with E-state index in [1.54, 1.807) is 36.3 Å². The minimum atomic E-state index is -0.291. The van der Waals surface area contributed by atoms with Gasteiger partial charge in [-0.2, -0.15) is 10.2 Å². The fraction of sp³-hybridized carbons (Fsp3) is 0.238. The summed E-state index contributed by atoms with van der Waals surface area (Å²) in [5.74, 6) is 1.56. The number of aromatic nitrogens is 2. The van der Waals surface area contributed by atoms with Crippen LogP contribution in [0.1, 0.15) is 30.3 Å². The SMILES string of the molecule is COc1cccc(-c2noc([C@@H]3CCCN3C(=O)Nc3cccc(C#N)c3)n2)c1. The number of anilines is 1. The lowest BCUT2D eigenvalue weighted by Gasteiger charge is -2.22. The molecule has 1 saturated heterocycles. The molecule has 8 heteroatoms. The van der Waals surface area contributed by atoms with Crippen LogP contribution in [0.25, 0.3) is 11.4 Å². The standard InChI is InChI=1S/C21H19N5O3/c1-28-17-8-3-6-15(12-17)19-24-20(29-25-19)18-9-4-10-26(18)21(27)23-16-7-2-5-14(11-16)13-22/h2-3,5-8,11-12,18H,4,9-10H2,1H3,(H,23,27)/t18-/m0/s1. The number of benzene rings is 2. The summed E-state index contributed by atoms with van der Waals surface area (Å²) in [6.07, 6.45) is 1.58. The first-order valence-electron chi connectivity index (χ1n) is 9.24. The maximum absolute atomic E-state index is 12.8. The zero-order valence-corrected chi connectivity index (χ0v) is 15.8. The van der Waals surface area contributed by atoms with E-state index in [2.05, 4.69) is 21.5 Å². The van der Waals surface area contributed by atoms with Gasteiger partial charge in [-0.25, -0.2) is 4.79 Å². The highest BCUT2D eigenvalue weighted by atomic mass is 16.5. The third-order valence-corrected chi connectivity index (χ3v) is 4.81. The summed E-state index contributed by atoms with van der Waals surface area (Å²) in [4.78, 5) is 19.0. The average molecular weight is 389 g/mol. The molecule has 2 amide bonds. The van der Waals surface area contributed by atoms with Crippen molar-refractivity contribution in [1.82, 2.24) is 15.0 Å². The molecule has 146 valence electrons. The van der Waals surface area contributed by atoms with E-state index in [0.717, 1.165) is 18.4 Å². The molecule has 1 aliphatic heterocycles. The maximum Gasteiger partial charge on any atom is 0.322 e. The molecule has 1 aliphatic rings. The van der Waals surface area contributed by atoms with Gasteiger partial charge in [-0.15, -0.1) is 0 Å². The predicted molar refractivity (Wildman–Crippen MR) is 105 cm³/mol. The highest BCUT2D eigenvalue weighted by molar-refractivity contribution is 5.90. The van der Waals surface area contributed by atoms with Crippen molar-refractivity contribution in [3.05, 3.63) is 60.0 Å². The largest absolute Gasteiger partial charge is 0.497 e. The quantitative estimate of drug-likeness (QED) is 0.723. The number of urea groups is 1. The van der Waals surface area contributed by atoms with Crippen molar-refractivity contribution in [3.8, 4) is 23.2 Å². The van der Waals surface area contributed by atoms with E-state index in [4.69, 9.17) is 14.5 Å². The second-order valence-corrected chi connectivity index (χ2v) is 6.66. The Morgan fingerprint density at radius 3 is 3.00 bits per heavy atom. The van der Waals surface area contributed by atoms with E-state index in [9.17, 15) is 4.79 Å². The molecule has 3 aromatic rings. The molecular formula is C21H19N5O3. The molecule has 4 rings (SSSR count). The number of hydrogen-bond donors (Lipinski definition) is 1. The van der Waals surface area contributed by atoms with Crippen molar-refractivity contribution in [2.75, 3.05) is 19.0 Å². The van der Waals surface area contributed by atoms with E-state index >= 15 is 0 Å². The fourth-order valence-corrected chi connectivity index (χ4v) is 3.38. The van der Waals surface area contributed by atoms with Crippen LogP contribution in [0.3, 0.4) is 0 Å². The number of rotatable bonds is 4. The summed E-state index contributed by atoms with van der Waals surface area (Å²) in [7, 11) is 1.60. The minimum Gasteiger partial charge on any atom is -0.497 e.